The molecule has 26 heavy (non-hydrogen) atoms. The fourth-order valence-corrected chi connectivity index (χ4v) is 4.46. The van der Waals surface area contributed by atoms with Gasteiger partial charge in [0.15, 0.2) is 5.01 Å². The summed E-state index contributed by atoms with van der Waals surface area (Å²) in [7, 11) is 1.53. The van der Waals surface area contributed by atoms with Crippen molar-refractivity contribution in [1.82, 2.24) is 15.2 Å². The number of carbonyl (C=O) groups is 1. The van der Waals surface area contributed by atoms with Gasteiger partial charge in [-0.2, -0.15) is 0 Å². The van der Waals surface area contributed by atoms with Crippen LogP contribution in [0.2, 0.25) is 0 Å². The van der Waals surface area contributed by atoms with E-state index < -0.39 is 0 Å². The van der Waals surface area contributed by atoms with Gasteiger partial charge in [0.2, 0.25) is 5.13 Å². The molecular weight excluding hydrogens is 552 g/mol. The molecule has 3 rings (SSSR count). The van der Waals surface area contributed by atoms with Gasteiger partial charge in [-0.25, -0.2) is 0 Å². The zero-order chi connectivity index (χ0) is 18.8. The molecule has 0 saturated heterocycles. The molecule has 0 radical (unpaired) electrons. The number of hydrogen-bond acceptors (Lipinski definition) is 6. The van der Waals surface area contributed by atoms with Crippen LogP contribution < -0.4 is 10.1 Å². The number of pyridine rings is 1. The van der Waals surface area contributed by atoms with Gasteiger partial charge in [0.1, 0.15) is 11.4 Å². The summed E-state index contributed by atoms with van der Waals surface area (Å²) in [4.78, 5) is 17.0. The lowest BCUT2D eigenvalue weighted by Crippen LogP contribution is -2.14. The number of anilines is 1. The van der Waals surface area contributed by atoms with Crippen LogP contribution in [0, 0.1) is 6.92 Å². The molecule has 0 aliphatic carbocycles. The van der Waals surface area contributed by atoms with E-state index in [-0.39, 0.29) is 5.91 Å². The minimum absolute atomic E-state index is 0.299. The largest absolute Gasteiger partial charge is 0.496 e. The van der Waals surface area contributed by atoms with Gasteiger partial charge in [0, 0.05) is 10.7 Å². The zero-order valence-electron chi connectivity index (χ0n) is 13.5. The summed E-state index contributed by atoms with van der Waals surface area (Å²) in [5.41, 5.74) is 1.91. The van der Waals surface area contributed by atoms with E-state index in [9.17, 15) is 4.79 Å². The van der Waals surface area contributed by atoms with E-state index in [0.717, 1.165) is 19.0 Å². The van der Waals surface area contributed by atoms with E-state index in [4.69, 9.17) is 4.74 Å². The maximum atomic E-state index is 12.6. The molecule has 134 valence electrons. The average molecular weight is 563 g/mol. The van der Waals surface area contributed by atoms with Gasteiger partial charge in [0.05, 0.1) is 21.6 Å². The predicted octanol–water partition coefficient (Wildman–Crippen LogP) is 5.46. The van der Waals surface area contributed by atoms with Gasteiger partial charge in [-0.05, 0) is 66.3 Å². The lowest BCUT2D eigenvalue weighted by molar-refractivity contribution is 0.102. The highest BCUT2D eigenvalue weighted by atomic mass is 79.9. The molecule has 0 spiro atoms. The smallest absolute Gasteiger partial charge is 0.261 e. The van der Waals surface area contributed by atoms with Crippen LogP contribution in [0.1, 0.15) is 15.9 Å². The molecule has 6 nitrogen and oxygen atoms in total. The van der Waals surface area contributed by atoms with Crippen molar-refractivity contribution >= 4 is 70.2 Å². The number of hydrogen-bond donors (Lipinski definition) is 1. The first-order valence-corrected chi connectivity index (χ1v) is 10.4. The molecule has 0 bridgehead atoms. The number of aryl methyl sites for hydroxylation is 1. The van der Waals surface area contributed by atoms with Crippen molar-refractivity contribution in [2.45, 2.75) is 6.92 Å². The molecule has 1 amide bonds. The molecule has 10 heteroatoms. The number of amides is 1. The molecule has 0 saturated carbocycles. The molecule has 2 heterocycles. The van der Waals surface area contributed by atoms with Crippen molar-refractivity contribution in [3.05, 3.63) is 48.9 Å². The van der Waals surface area contributed by atoms with Crippen LogP contribution in [0.5, 0.6) is 5.75 Å². The molecule has 0 atom stereocenters. The van der Waals surface area contributed by atoms with E-state index in [0.29, 0.717) is 27.1 Å². The Morgan fingerprint density at radius 1 is 1.19 bits per heavy atom. The van der Waals surface area contributed by atoms with Gasteiger partial charge >= 0.3 is 0 Å². The molecule has 3 aromatic rings. The van der Waals surface area contributed by atoms with E-state index >= 15 is 0 Å². The Labute approximate surface area is 178 Å². The van der Waals surface area contributed by atoms with Crippen LogP contribution in [-0.2, 0) is 0 Å². The Morgan fingerprint density at radius 2 is 1.96 bits per heavy atom. The second-order valence-electron chi connectivity index (χ2n) is 5.10. The Bertz CT molecular complexity index is 994. The lowest BCUT2D eigenvalue weighted by Gasteiger charge is -2.10. The van der Waals surface area contributed by atoms with E-state index in [1.54, 1.807) is 12.3 Å². The third kappa shape index (κ3) is 3.83. The van der Waals surface area contributed by atoms with E-state index in [1.807, 2.05) is 19.1 Å². The molecule has 0 unspecified atom stereocenters. The van der Waals surface area contributed by atoms with Gasteiger partial charge in [0.25, 0.3) is 5.91 Å². The van der Waals surface area contributed by atoms with Crippen molar-refractivity contribution in [3.8, 4) is 16.5 Å². The number of carbonyl (C=O) groups excluding carboxylic acids is 1. The lowest BCUT2D eigenvalue weighted by atomic mass is 10.1. The van der Waals surface area contributed by atoms with Crippen LogP contribution in [0.25, 0.3) is 10.7 Å². The van der Waals surface area contributed by atoms with Gasteiger partial charge < -0.3 is 4.74 Å². The second kappa shape index (κ2) is 8.12. The Morgan fingerprint density at radius 3 is 2.69 bits per heavy atom. The fourth-order valence-electron chi connectivity index (χ4n) is 2.22. The van der Waals surface area contributed by atoms with Crippen molar-refractivity contribution < 1.29 is 9.53 Å². The second-order valence-corrected chi connectivity index (χ2v) is 8.52. The molecule has 0 aliphatic heterocycles. The summed E-state index contributed by atoms with van der Waals surface area (Å²) in [5.74, 6) is 0.208. The summed E-state index contributed by atoms with van der Waals surface area (Å²) in [6, 6.07) is 5.43. The normalized spacial score (nSPS) is 10.7. The number of halogens is 3. The summed E-state index contributed by atoms with van der Waals surface area (Å²) >= 11 is 11.6. The first kappa shape index (κ1) is 19.4. The van der Waals surface area contributed by atoms with Crippen LogP contribution in [0.3, 0.4) is 0 Å². The maximum Gasteiger partial charge on any atom is 0.261 e. The quantitative estimate of drug-likeness (QED) is 0.457. The number of rotatable bonds is 4. The molecular formula is C16H11Br3N4O2S. The highest BCUT2D eigenvalue weighted by Crippen LogP contribution is 2.38. The van der Waals surface area contributed by atoms with Gasteiger partial charge in [-0.15, -0.1) is 10.2 Å². The van der Waals surface area contributed by atoms with Crippen molar-refractivity contribution in [3.63, 3.8) is 0 Å². The summed E-state index contributed by atoms with van der Waals surface area (Å²) in [6.07, 6.45) is 1.67. The Kier molecular flexibility index (Phi) is 6.06. The van der Waals surface area contributed by atoms with E-state index in [1.165, 1.54) is 18.4 Å². The minimum atomic E-state index is -0.299. The molecule has 0 aliphatic rings. The summed E-state index contributed by atoms with van der Waals surface area (Å²) < 4.78 is 7.68. The number of methoxy groups -OCH3 is 1. The number of ether oxygens (including phenoxy) is 1. The maximum absolute atomic E-state index is 12.6. The van der Waals surface area contributed by atoms with Crippen molar-refractivity contribution in [1.29, 1.82) is 0 Å². The average Bonchev–Trinajstić information content (AvgIpc) is 3.07. The molecule has 1 aromatic carbocycles. The first-order chi connectivity index (χ1) is 12.4. The van der Waals surface area contributed by atoms with Crippen LogP contribution >= 0.6 is 59.1 Å². The number of aromatic nitrogens is 3. The summed E-state index contributed by atoms with van der Waals surface area (Å²) in [5, 5.41) is 11.9. The Balaban J connectivity index is 1.88. The fraction of sp³-hybridized carbons (Fsp3) is 0.125. The topological polar surface area (TPSA) is 77.0 Å². The minimum Gasteiger partial charge on any atom is -0.496 e. The molecule has 2 aromatic heterocycles. The highest BCUT2D eigenvalue weighted by Gasteiger charge is 2.19. The molecule has 1 N–H and O–H groups in total. The van der Waals surface area contributed by atoms with Crippen molar-refractivity contribution in [2.75, 3.05) is 12.4 Å². The Hall–Kier alpha value is -1.36. The number of nitrogens with zero attached hydrogens (tertiary/aromatic N) is 3. The van der Waals surface area contributed by atoms with Crippen LogP contribution in [0.4, 0.5) is 5.13 Å². The van der Waals surface area contributed by atoms with Crippen molar-refractivity contribution in [2.24, 2.45) is 0 Å². The monoisotopic (exact) mass is 560 g/mol. The highest BCUT2D eigenvalue weighted by molar-refractivity contribution is 9.14. The van der Waals surface area contributed by atoms with Crippen LogP contribution in [-0.4, -0.2) is 28.2 Å². The molecule has 0 fully saturated rings. The predicted molar refractivity (Wildman–Crippen MR) is 112 cm³/mol. The van der Waals surface area contributed by atoms with E-state index in [2.05, 4.69) is 68.3 Å². The number of benzene rings is 1. The van der Waals surface area contributed by atoms with Crippen LogP contribution in [0.15, 0.2) is 37.8 Å². The third-order valence-electron chi connectivity index (χ3n) is 3.45. The number of nitrogens with one attached hydrogen (secondary N) is 1. The standard InChI is InChI=1S/C16H11Br3N4O2S/c1-7-4-3-5-9(25-2)10(7)14(24)21-16-23-22-15(26-16)13-12(19)11(18)8(17)6-20-13/h3-6H,1-2H3,(H,21,23,24). The van der Waals surface area contributed by atoms with Gasteiger partial charge in [-0.3, -0.25) is 15.1 Å². The zero-order valence-corrected chi connectivity index (χ0v) is 19.1. The third-order valence-corrected chi connectivity index (χ3v) is 7.55. The summed E-state index contributed by atoms with van der Waals surface area (Å²) in [6.45, 7) is 1.85. The SMILES string of the molecule is COc1cccc(C)c1C(=O)Nc1nnc(-c2ncc(Br)c(Br)c2Br)s1. The first-order valence-electron chi connectivity index (χ1n) is 7.20. The van der Waals surface area contributed by atoms with Gasteiger partial charge in [-0.1, -0.05) is 23.5 Å².